The molecule has 0 spiro atoms. The summed E-state index contributed by atoms with van der Waals surface area (Å²) in [4.78, 5) is 13.8. The van der Waals surface area contributed by atoms with E-state index in [9.17, 15) is 13.2 Å². The maximum Gasteiger partial charge on any atom is 0.232 e. The average molecular weight is 392 g/mol. The quantitative estimate of drug-likeness (QED) is 0.772. The third-order valence-corrected chi connectivity index (χ3v) is 7.19. The Hall–Kier alpha value is -0.530. The van der Waals surface area contributed by atoms with E-state index in [1.54, 1.807) is 11.9 Å². The summed E-state index contributed by atoms with van der Waals surface area (Å²) in [6.07, 6.45) is 0.663. The number of carbonyl (C=O) groups excluding carboxylic acids is 1. The van der Waals surface area contributed by atoms with E-state index in [1.165, 1.54) is 11.8 Å². The third kappa shape index (κ3) is 5.30. The molecule has 1 aromatic carbocycles. The highest BCUT2D eigenvalue weighted by Crippen LogP contribution is 2.24. The number of halogens is 1. The van der Waals surface area contributed by atoms with E-state index in [1.807, 2.05) is 24.3 Å². The second-order valence-corrected chi connectivity index (χ2v) is 9.65. The van der Waals surface area contributed by atoms with Crippen LogP contribution in [0.4, 0.5) is 0 Å². The summed E-state index contributed by atoms with van der Waals surface area (Å²) in [6.45, 7) is 0.565. The van der Waals surface area contributed by atoms with Crippen LogP contribution in [0.3, 0.4) is 0 Å². The topological polar surface area (TPSA) is 54.5 Å². The molecule has 4 nitrogen and oxygen atoms in total. The smallest absolute Gasteiger partial charge is 0.232 e. The first kappa shape index (κ1) is 16.8. The van der Waals surface area contributed by atoms with Crippen molar-refractivity contribution in [3.8, 4) is 0 Å². The van der Waals surface area contributed by atoms with Crippen LogP contribution < -0.4 is 0 Å². The molecule has 7 heteroatoms. The summed E-state index contributed by atoms with van der Waals surface area (Å²) in [7, 11) is -1.09. The van der Waals surface area contributed by atoms with Crippen LogP contribution in [-0.2, 0) is 21.2 Å². The summed E-state index contributed by atoms with van der Waals surface area (Å²) in [6, 6.07) is 7.85. The van der Waals surface area contributed by atoms with Gasteiger partial charge < -0.3 is 4.90 Å². The Morgan fingerprint density at radius 1 is 1.38 bits per heavy atom. The SMILES string of the molecule is CN(Cc1ccc(Br)cc1)C(=O)CS[C@@H]1CCS(=O)(=O)C1. The first-order valence-corrected chi connectivity index (χ1v) is 10.3. The van der Waals surface area contributed by atoms with E-state index in [0.29, 0.717) is 18.7 Å². The summed E-state index contributed by atoms with van der Waals surface area (Å²) in [5.74, 6) is 0.842. The second kappa shape index (κ2) is 7.15. The van der Waals surface area contributed by atoms with Crippen LogP contribution in [0.2, 0.25) is 0 Å². The zero-order valence-electron chi connectivity index (χ0n) is 11.8. The van der Waals surface area contributed by atoms with Crippen LogP contribution in [0.25, 0.3) is 0 Å². The number of rotatable bonds is 5. The lowest BCUT2D eigenvalue weighted by Gasteiger charge is -2.18. The van der Waals surface area contributed by atoms with Gasteiger partial charge in [0.15, 0.2) is 9.84 Å². The van der Waals surface area contributed by atoms with Gasteiger partial charge in [0.1, 0.15) is 0 Å². The van der Waals surface area contributed by atoms with Crippen molar-refractivity contribution in [3.63, 3.8) is 0 Å². The van der Waals surface area contributed by atoms with Gasteiger partial charge in [0.2, 0.25) is 5.91 Å². The molecule has 1 aromatic rings. The number of amides is 1. The highest BCUT2D eigenvalue weighted by atomic mass is 79.9. The van der Waals surface area contributed by atoms with E-state index in [-0.39, 0.29) is 22.7 Å². The van der Waals surface area contributed by atoms with Crippen molar-refractivity contribution >= 4 is 43.4 Å². The number of carbonyl (C=O) groups is 1. The van der Waals surface area contributed by atoms with E-state index in [4.69, 9.17) is 0 Å². The minimum Gasteiger partial charge on any atom is -0.341 e. The molecule has 0 saturated carbocycles. The lowest BCUT2D eigenvalue weighted by atomic mass is 10.2. The van der Waals surface area contributed by atoms with Gasteiger partial charge in [-0.1, -0.05) is 28.1 Å². The first-order valence-electron chi connectivity index (χ1n) is 6.66. The standard InChI is InChI=1S/C14H18BrNO3S2/c1-16(8-11-2-4-12(15)5-3-11)14(17)9-20-13-6-7-21(18,19)10-13/h2-5,13H,6-10H2,1H3/t13-/m1/s1. The summed E-state index contributed by atoms with van der Waals surface area (Å²) < 4.78 is 23.8. The predicted molar refractivity (Wildman–Crippen MR) is 90.1 cm³/mol. The van der Waals surface area contributed by atoms with Crippen LogP contribution in [0, 0.1) is 0 Å². The molecular weight excluding hydrogens is 374 g/mol. The van der Waals surface area contributed by atoms with Crippen molar-refractivity contribution in [1.29, 1.82) is 0 Å². The number of benzene rings is 1. The van der Waals surface area contributed by atoms with E-state index in [0.717, 1.165) is 10.0 Å². The van der Waals surface area contributed by atoms with Crippen LogP contribution in [0.5, 0.6) is 0 Å². The highest BCUT2D eigenvalue weighted by molar-refractivity contribution is 9.10. The molecule has 1 atom stereocenters. The molecule has 1 aliphatic heterocycles. The second-order valence-electron chi connectivity index (χ2n) is 5.21. The molecule has 0 bridgehead atoms. The minimum atomic E-state index is -2.87. The first-order chi connectivity index (χ1) is 9.85. The maximum atomic E-state index is 12.1. The van der Waals surface area contributed by atoms with Gasteiger partial charge in [-0.2, -0.15) is 0 Å². The fourth-order valence-electron chi connectivity index (χ4n) is 2.14. The Kier molecular flexibility index (Phi) is 5.73. The van der Waals surface area contributed by atoms with Gasteiger partial charge in [-0.15, -0.1) is 11.8 Å². The molecule has 1 aliphatic rings. The fourth-order valence-corrected chi connectivity index (χ4v) is 5.99. The monoisotopic (exact) mass is 391 g/mol. The number of hydrogen-bond acceptors (Lipinski definition) is 4. The molecule has 21 heavy (non-hydrogen) atoms. The van der Waals surface area contributed by atoms with Crippen molar-refractivity contribution in [2.75, 3.05) is 24.3 Å². The molecule has 0 radical (unpaired) electrons. The van der Waals surface area contributed by atoms with Crippen molar-refractivity contribution < 1.29 is 13.2 Å². The predicted octanol–water partition coefficient (Wildman–Crippen LogP) is 2.33. The summed E-state index contributed by atoms with van der Waals surface area (Å²) in [5, 5.41) is 0.0695. The molecule has 1 heterocycles. The third-order valence-electron chi connectivity index (χ3n) is 3.39. The van der Waals surface area contributed by atoms with Crippen molar-refractivity contribution in [2.24, 2.45) is 0 Å². The molecular formula is C14H18BrNO3S2. The number of thioether (sulfide) groups is 1. The van der Waals surface area contributed by atoms with Crippen LogP contribution in [0.1, 0.15) is 12.0 Å². The molecule has 0 unspecified atom stereocenters. The molecule has 1 saturated heterocycles. The maximum absolute atomic E-state index is 12.1. The molecule has 0 aliphatic carbocycles. The minimum absolute atomic E-state index is 0.0345. The van der Waals surface area contributed by atoms with Gasteiger partial charge in [-0.3, -0.25) is 4.79 Å². The Morgan fingerprint density at radius 3 is 2.62 bits per heavy atom. The average Bonchev–Trinajstić information content (AvgIpc) is 2.78. The Labute approximate surface area is 138 Å². The van der Waals surface area contributed by atoms with Crippen LogP contribution >= 0.6 is 27.7 Å². The van der Waals surface area contributed by atoms with Gasteiger partial charge in [0.05, 0.1) is 17.3 Å². The number of sulfone groups is 1. The van der Waals surface area contributed by atoms with Crippen molar-refractivity contribution in [2.45, 2.75) is 18.2 Å². The van der Waals surface area contributed by atoms with Gasteiger partial charge in [0, 0.05) is 23.3 Å². The van der Waals surface area contributed by atoms with E-state index < -0.39 is 9.84 Å². The lowest BCUT2D eigenvalue weighted by molar-refractivity contribution is -0.127. The highest BCUT2D eigenvalue weighted by Gasteiger charge is 2.28. The van der Waals surface area contributed by atoms with Gasteiger partial charge in [-0.25, -0.2) is 8.42 Å². The number of hydrogen-bond donors (Lipinski definition) is 0. The number of nitrogens with zero attached hydrogens (tertiary/aromatic N) is 1. The lowest BCUT2D eigenvalue weighted by Crippen LogP contribution is -2.28. The molecule has 0 N–H and O–H groups in total. The van der Waals surface area contributed by atoms with Gasteiger partial charge in [-0.05, 0) is 24.1 Å². The zero-order valence-corrected chi connectivity index (χ0v) is 15.0. The zero-order chi connectivity index (χ0) is 15.5. The van der Waals surface area contributed by atoms with E-state index in [2.05, 4.69) is 15.9 Å². The summed E-state index contributed by atoms with van der Waals surface area (Å²) >= 11 is 4.84. The van der Waals surface area contributed by atoms with Gasteiger partial charge >= 0.3 is 0 Å². The van der Waals surface area contributed by atoms with Gasteiger partial charge in [0.25, 0.3) is 0 Å². The molecule has 2 rings (SSSR count). The Morgan fingerprint density at radius 2 is 2.05 bits per heavy atom. The van der Waals surface area contributed by atoms with Crippen molar-refractivity contribution in [1.82, 2.24) is 4.90 Å². The molecule has 116 valence electrons. The molecule has 1 fully saturated rings. The molecule has 1 amide bonds. The normalized spacial score (nSPS) is 20.4. The Bertz CT molecular complexity index is 601. The van der Waals surface area contributed by atoms with Crippen LogP contribution in [0.15, 0.2) is 28.7 Å². The largest absolute Gasteiger partial charge is 0.341 e. The van der Waals surface area contributed by atoms with Crippen molar-refractivity contribution in [3.05, 3.63) is 34.3 Å². The summed E-state index contributed by atoms with van der Waals surface area (Å²) in [5.41, 5.74) is 1.07. The molecule has 0 aromatic heterocycles. The van der Waals surface area contributed by atoms with Crippen LogP contribution in [-0.4, -0.2) is 48.8 Å². The fraction of sp³-hybridized carbons (Fsp3) is 0.500. The van der Waals surface area contributed by atoms with E-state index >= 15 is 0 Å². The Balaban J connectivity index is 1.79.